The highest BCUT2D eigenvalue weighted by molar-refractivity contribution is 7.90. The predicted molar refractivity (Wildman–Crippen MR) is 118 cm³/mol. The van der Waals surface area contributed by atoms with Crippen molar-refractivity contribution in [3.63, 3.8) is 0 Å². The van der Waals surface area contributed by atoms with Gasteiger partial charge in [0.2, 0.25) is 0 Å². The molecule has 1 atom stereocenters. The quantitative estimate of drug-likeness (QED) is 0.381. The topological polar surface area (TPSA) is 99.2 Å². The first kappa shape index (κ1) is 26.3. The average Bonchev–Trinajstić information content (AvgIpc) is 3.04. The minimum atomic E-state index is -4.64. The number of methoxy groups -OCH3 is 2. The molecule has 0 saturated heterocycles. The van der Waals surface area contributed by atoms with Crippen LogP contribution in [0.5, 0.6) is 11.5 Å². The molecule has 2 aromatic rings. The third-order valence-corrected chi connectivity index (χ3v) is 7.35. The van der Waals surface area contributed by atoms with Crippen molar-refractivity contribution in [2.45, 2.75) is 43.3 Å². The van der Waals surface area contributed by atoms with Crippen molar-refractivity contribution in [1.29, 1.82) is 0 Å². The number of amides is 1. The number of hydrogen-bond acceptors (Lipinski definition) is 7. The standard InChI is InChI=1S/C23H24F3NO7S/c1-4-5-12-34-19(28)13-16-20-17(32-2)10-11-18(33-3)21(20)35(30,31)27(16)22(29)14-6-8-15(9-7-14)23(24,25)26/h6-11,16H,4-5,12-13H2,1-3H3. The number of nitrogens with zero attached hydrogens (tertiary/aromatic N) is 1. The number of rotatable bonds is 8. The molecular weight excluding hydrogens is 491 g/mol. The number of esters is 1. The van der Waals surface area contributed by atoms with Gasteiger partial charge in [0, 0.05) is 11.1 Å². The molecule has 0 fully saturated rings. The summed E-state index contributed by atoms with van der Waals surface area (Å²) in [7, 11) is -2.04. The summed E-state index contributed by atoms with van der Waals surface area (Å²) in [6, 6.07) is 4.55. The van der Waals surface area contributed by atoms with E-state index in [2.05, 4.69) is 0 Å². The monoisotopic (exact) mass is 515 g/mol. The first-order valence-electron chi connectivity index (χ1n) is 10.6. The normalized spacial score (nSPS) is 16.5. The van der Waals surface area contributed by atoms with Crippen LogP contribution in [0.3, 0.4) is 0 Å². The number of hydrogen-bond donors (Lipinski definition) is 0. The second-order valence-electron chi connectivity index (χ2n) is 7.69. The van der Waals surface area contributed by atoms with Crippen molar-refractivity contribution in [2.24, 2.45) is 0 Å². The van der Waals surface area contributed by atoms with E-state index in [0.717, 1.165) is 18.6 Å². The van der Waals surface area contributed by atoms with Gasteiger partial charge < -0.3 is 14.2 Å². The van der Waals surface area contributed by atoms with Gasteiger partial charge in [-0.1, -0.05) is 13.3 Å². The summed E-state index contributed by atoms with van der Waals surface area (Å²) < 4.78 is 82.1. The summed E-state index contributed by atoms with van der Waals surface area (Å²) >= 11 is 0. The molecule has 0 N–H and O–H groups in total. The van der Waals surface area contributed by atoms with Crippen LogP contribution in [0.2, 0.25) is 0 Å². The third-order valence-electron chi connectivity index (χ3n) is 5.47. The van der Waals surface area contributed by atoms with Crippen molar-refractivity contribution in [3.8, 4) is 11.5 Å². The average molecular weight is 516 g/mol. The van der Waals surface area contributed by atoms with Crippen LogP contribution < -0.4 is 9.47 Å². The Morgan fingerprint density at radius 2 is 1.60 bits per heavy atom. The Balaban J connectivity index is 2.11. The Hall–Kier alpha value is -3.28. The Kier molecular flexibility index (Phi) is 7.63. The van der Waals surface area contributed by atoms with Gasteiger partial charge in [0.15, 0.2) is 0 Å². The van der Waals surface area contributed by atoms with Gasteiger partial charge in [0.05, 0.1) is 38.9 Å². The van der Waals surface area contributed by atoms with Crippen molar-refractivity contribution in [2.75, 3.05) is 20.8 Å². The van der Waals surface area contributed by atoms with E-state index >= 15 is 0 Å². The van der Waals surface area contributed by atoms with Gasteiger partial charge in [0.25, 0.3) is 15.9 Å². The number of halogens is 3. The van der Waals surface area contributed by atoms with Crippen LogP contribution in [0.1, 0.15) is 53.7 Å². The molecule has 190 valence electrons. The van der Waals surface area contributed by atoms with Gasteiger partial charge in [-0.25, -0.2) is 12.7 Å². The third kappa shape index (κ3) is 5.07. The lowest BCUT2D eigenvalue weighted by atomic mass is 10.0. The van der Waals surface area contributed by atoms with Crippen LogP contribution >= 0.6 is 0 Å². The molecule has 12 heteroatoms. The number of ether oxygens (including phenoxy) is 3. The number of carbonyl (C=O) groups excluding carboxylic acids is 2. The molecule has 8 nitrogen and oxygen atoms in total. The molecule has 3 rings (SSSR count). The Morgan fingerprint density at radius 1 is 1.00 bits per heavy atom. The molecule has 0 bridgehead atoms. The second kappa shape index (κ2) is 10.1. The number of sulfonamides is 1. The highest BCUT2D eigenvalue weighted by Gasteiger charge is 2.50. The van der Waals surface area contributed by atoms with Gasteiger partial charge in [-0.3, -0.25) is 9.59 Å². The SMILES string of the molecule is CCCCOC(=O)CC1c2c(OC)ccc(OC)c2S(=O)(=O)N1C(=O)c1ccc(C(F)(F)F)cc1. The molecule has 1 aliphatic rings. The van der Waals surface area contributed by atoms with E-state index in [-0.39, 0.29) is 34.1 Å². The van der Waals surface area contributed by atoms with Crippen LogP contribution in [0.15, 0.2) is 41.3 Å². The molecule has 35 heavy (non-hydrogen) atoms. The summed E-state index contributed by atoms with van der Waals surface area (Å²) in [5.74, 6) is -1.83. The maximum absolute atomic E-state index is 13.6. The van der Waals surface area contributed by atoms with E-state index in [1.807, 2.05) is 6.92 Å². The minimum absolute atomic E-state index is 0.0274. The number of benzene rings is 2. The van der Waals surface area contributed by atoms with Gasteiger partial charge in [-0.05, 0) is 42.8 Å². The van der Waals surface area contributed by atoms with Crippen molar-refractivity contribution in [3.05, 3.63) is 53.1 Å². The van der Waals surface area contributed by atoms with Gasteiger partial charge >= 0.3 is 12.1 Å². The van der Waals surface area contributed by atoms with Gasteiger partial charge in [0.1, 0.15) is 16.4 Å². The summed E-state index contributed by atoms with van der Waals surface area (Å²) in [5, 5.41) is 0. The van der Waals surface area contributed by atoms with E-state index in [1.165, 1.54) is 26.4 Å². The molecule has 1 aliphatic heterocycles. The molecule has 0 spiro atoms. The highest BCUT2D eigenvalue weighted by Crippen LogP contribution is 2.50. The number of unbranched alkanes of at least 4 members (excludes halogenated alkanes) is 1. The molecule has 1 heterocycles. The lowest BCUT2D eigenvalue weighted by molar-refractivity contribution is -0.144. The zero-order chi connectivity index (χ0) is 26.0. The van der Waals surface area contributed by atoms with Gasteiger partial charge in [-0.2, -0.15) is 13.2 Å². The maximum atomic E-state index is 13.6. The molecule has 0 saturated carbocycles. The Bertz CT molecular complexity index is 1210. The van der Waals surface area contributed by atoms with Crippen molar-refractivity contribution >= 4 is 21.9 Å². The summed E-state index contributed by atoms with van der Waals surface area (Å²) in [6.07, 6.45) is -3.80. The van der Waals surface area contributed by atoms with E-state index in [9.17, 15) is 31.2 Å². The number of carbonyl (C=O) groups is 2. The van der Waals surface area contributed by atoms with Crippen LogP contribution in [0.4, 0.5) is 13.2 Å². The van der Waals surface area contributed by atoms with E-state index in [4.69, 9.17) is 14.2 Å². The largest absolute Gasteiger partial charge is 0.496 e. The van der Waals surface area contributed by atoms with E-state index in [0.29, 0.717) is 22.9 Å². The first-order chi connectivity index (χ1) is 16.5. The Morgan fingerprint density at radius 3 is 2.14 bits per heavy atom. The molecule has 0 aliphatic carbocycles. The lowest BCUT2D eigenvalue weighted by Crippen LogP contribution is -2.36. The zero-order valence-electron chi connectivity index (χ0n) is 19.2. The number of alkyl halides is 3. The minimum Gasteiger partial charge on any atom is -0.496 e. The van der Waals surface area contributed by atoms with Crippen LogP contribution in [0.25, 0.3) is 0 Å². The van der Waals surface area contributed by atoms with Crippen LogP contribution in [0, 0.1) is 0 Å². The molecule has 2 aromatic carbocycles. The highest BCUT2D eigenvalue weighted by atomic mass is 32.2. The Labute approximate surface area is 200 Å². The van der Waals surface area contributed by atoms with E-state index in [1.54, 1.807) is 0 Å². The van der Waals surface area contributed by atoms with Crippen molar-refractivity contribution < 1.29 is 45.4 Å². The fourth-order valence-corrected chi connectivity index (χ4v) is 5.73. The lowest BCUT2D eigenvalue weighted by Gasteiger charge is -2.24. The van der Waals surface area contributed by atoms with Crippen LogP contribution in [-0.2, 0) is 25.7 Å². The molecular formula is C23H24F3NO7S. The first-order valence-corrected chi connectivity index (χ1v) is 12.1. The molecule has 0 radical (unpaired) electrons. The number of fused-ring (bicyclic) bond motifs is 1. The van der Waals surface area contributed by atoms with Gasteiger partial charge in [-0.15, -0.1) is 0 Å². The summed E-state index contributed by atoms with van der Waals surface area (Å²) in [5.41, 5.74) is -1.28. The molecule has 0 aromatic heterocycles. The predicted octanol–water partition coefficient (Wildman–Crippen LogP) is 4.34. The van der Waals surface area contributed by atoms with E-state index < -0.39 is 46.1 Å². The summed E-state index contributed by atoms with van der Waals surface area (Å²) in [4.78, 5) is 25.6. The molecule has 1 unspecified atom stereocenters. The zero-order valence-corrected chi connectivity index (χ0v) is 20.0. The fourth-order valence-electron chi connectivity index (χ4n) is 3.78. The fraction of sp³-hybridized carbons (Fsp3) is 0.391. The van der Waals surface area contributed by atoms with Crippen molar-refractivity contribution in [1.82, 2.24) is 4.31 Å². The maximum Gasteiger partial charge on any atom is 0.416 e. The summed E-state index contributed by atoms with van der Waals surface area (Å²) in [6.45, 7) is 2.01. The van der Waals surface area contributed by atoms with Crippen LogP contribution in [-0.4, -0.2) is 45.4 Å². The smallest absolute Gasteiger partial charge is 0.416 e. The molecule has 1 amide bonds. The second-order valence-corrected chi connectivity index (χ2v) is 9.44.